The first-order chi connectivity index (χ1) is 14.7. The molecule has 0 unspecified atom stereocenters. The second-order valence-electron chi connectivity index (χ2n) is 7.32. The smallest absolute Gasteiger partial charge is 0.336 e. The van der Waals surface area contributed by atoms with Crippen LogP contribution in [-0.4, -0.2) is 6.79 Å². The van der Waals surface area contributed by atoms with E-state index in [1.54, 1.807) is 12.3 Å². The first kappa shape index (κ1) is 16.9. The van der Waals surface area contributed by atoms with Crippen molar-refractivity contribution in [1.82, 2.24) is 0 Å². The molecule has 0 radical (unpaired) electrons. The number of benzene rings is 3. The molecule has 5 nitrogen and oxygen atoms in total. The van der Waals surface area contributed by atoms with Gasteiger partial charge in [-0.15, -0.1) is 0 Å². The van der Waals surface area contributed by atoms with Gasteiger partial charge in [-0.05, 0) is 41.8 Å². The van der Waals surface area contributed by atoms with Crippen molar-refractivity contribution in [2.24, 2.45) is 0 Å². The van der Waals surface area contributed by atoms with Crippen LogP contribution in [-0.2, 0) is 0 Å². The van der Waals surface area contributed by atoms with E-state index in [2.05, 4.69) is 0 Å². The summed E-state index contributed by atoms with van der Waals surface area (Å²) in [4.78, 5) is 12.3. The zero-order valence-corrected chi connectivity index (χ0v) is 16.1. The average molecular weight is 396 g/mol. The third-order valence-electron chi connectivity index (χ3n) is 5.57. The molecule has 0 saturated carbocycles. The molecule has 5 aromatic rings. The number of hydrogen-bond donors (Lipinski definition) is 0. The third-order valence-corrected chi connectivity index (χ3v) is 5.57. The van der Waals surface area contributed by atoms with E-state index in [4.69, 9.17) is 18.3 Å². The Morgan fingerprint density at radius 3 is 2.43 bits per heavy atom. The molecule has 5 heteroatoms. The minimum atomic E-state index is -0.383. The van der Waals surface area contributed by atoms with Crippen LogP contribution in [0.5, 0.6) is 11.5 Å². The number of hydrogen-bond acceptors (Lipinski definition) is 5. The van der Waals surface area contributed by atoms with Gasteiger partial charge in [-0.1, -0.05) is 36.4 Å². The fraction of sp³-hybridized carbons (Fsp3) is 0.0800. The summed E-state index contributed by atoms with van der Waals surface area (Å²) in [6, 6.07) is 19.3. The molecule has 0 fully saturated rings. The van der Waals surface area contributed by atoms with Crippen LogP contribution in [0, 0.1) is 6.92 Å². The van der Waals surface area contributed by atoms with Crippen molar-refractivity contribution in [3.63, 3.8) is 0 Å². The van der Waals surface area contributed by atoms with Crippen LogP contribution < -0.4 is 15.1 Å². The van der Waals surface area contributed by atoms with Gasteiger partial charge in [0.1, 0.15) is 11.2 Å². The number of furan rings is 1. The summed E-state index contributed by atoms with van der Waals surface area (Å²) in [5.41, 5.74) is 5.36. The summed E-state index contributed by atoms with van der Waals surface area (Å²) >= 11 is 0. The molecule has 2 aromatic heterocycles. The van der Waals surface area contributed by atoms with Gasteiger partial charge in [-0.25, -0.2) is 4.79 Å². The number of rotatable bonds is 2. The fourth-order valence-electron chi connectivity index (χ4n) is 4.12. The second-order valence-corrected chi connectivity index (χ2v) is 7.32. The normalized spacial score (nSPS) is 12.7. The van der Waals surface area contributed by atoms with Gasteiger partial charge in [0.25, 0.3) is 0 Å². The predicted molar refractivity (Wildman–Crippen MR) is 114 cm³/mol. The van der Waals surface area contributed by atoms with E-state index in [0.717, 1.165) is 50.1 Å². The summed E-state index contributed by atoms with van der Waals surface area (Å²) in [7, 11) is 0. The lowest BCUT2D eigenvalue weighted by atomic mass is 9.96. The van der Waals surface area contributed by atoms with Gasteiger partial charge in [0.05, 0.1) is 6.26 Å². The van der Waals surface area contributed by atoms with Crippen molar-refractivity contribution in [3.8, 4) is 33.8 Å². The Hall–Kier alpha value is -3.99. The van der Waals surface area contributed by atoms with E-state index in [0.29, 0.717) is 11.2 Å². The predicted octanol–water partition coefficient (Wildman–Crippen LogP) is 5.91. The molecule has 0 saturated heterocycles. The van der Waals surface area contributed by atoms with Gasteiger partial charge in [0.15, 0.2) is 11.5 Å². The molecule has 0 aliphatic carbocycles. The van der Waals surface area contributed by atoms with Crippen molar-refractivity contribution in [1.29, 1.82) is 0 Å². The molecule has 0 amide bonds. The van der Waals surface area contributed by atoms with Crippen molar-refractivity contribution in [2.75, 3.05) is 6.79 Å². The molecule has 0 spiro atoms. The van der Waals surface area contributed by atoms with E-state index in [-0.39, 0.29) is 12.4 Å². The maximum absolute atomic E-state index is 12.3. The van der Waals surface area contributed by atoms with Crippen LogP contribution in [0.15, 0.2) is 80.6 Å². The molecule has 0 bridgehead atoms. The van der Waals surface area contributed by atoms with Gasteiger partial charge in [0, 0.05) is 28.0 Å². The van der Waals surface area contributed by atoms with Crippen molar-refractivity contribution >= 4 is 21.9 Å². The summed E-state index contributed by atoms with van der Waals surface area (Å²) in [5, 5.41) is 1.82. The van der Waals surface area contributed by atoms with Crippen LogP contribution in [0.4, 0.5) is 0 Å². The lowest BCUT2D eigenvalue weighted by molar-refractivity contribution is 0.174. The lowest BCUT2D eigenvalue weighted by Crippen LogP contribution is -1.99. The summed E-state index contributed by atoms with van der Waals surface area (Å²) in [6.07, 6.45) is 1.73. The van der Waals surface area contributed by atoms with Crippen LogP contribution >= 0.6 is 0 Å². The van der Waals surface area contributed by atoms with Gasteiger partial charge in [-0.3, -0.25) is 0 Å². The Balaban J connectivity index is 1.66. The Bertz CT molecular complexity index is 1490. The molecule has 3 heterocycles. The highest BCUT2D eigenvalue weighted by Crippen LogP contribution is 2.41. The van der Waals surface area contributed by atoms with E-state index in [1.807, 2.05) is 61.5 Å². The standard InChI is InChI=1S/C25H16O5/c1-14-24-19(20(12-27-24)16-7-8-21-22(9-16)29-13-28-21)10-18-17(11-23(26)30-25(14)18)15-5-3-2-4-6-15/h2-12H,13H2,1H3. The van der Waals surface area contributed by atoms with E-state index >= 15 is 0 Å². The topological polar surface area (TPSA) is 61.8 Å². The minimum Gasteiger partial charge on any atom is -0.463 e. The lowest BCUT2D eigenvalue weighted by Gasteiger charge is -2.09. The van der Waals surface area contributed by atoms with Gasteiger partial charge in [0.2, 0.25) is 6.79 Å². The zero-order chi connectivity index (χ0) is 20.2. The highest BCUT2D eigenvalue weighted by Gasteiger charge is 2.20. The van der Waals surface area contributed by atoms with Crippen molar-refractivity contribution in [3.05, 3.63) is 82.9 Å². The fourth-order valence-corrected chi connectivity index (χ4v) is 4.12. The SMILES string of the molecule is Cc1c2occ(-c3ccc4c(c3)OCO4)c2cc2c(-c3ccccc3)cc(=O)oc12. The number of aryl methyl sites for hydroxylation is 1. The Morgan fingerprint density at radius 1 is 0.767 bits per heavy atom. The molecule has 6 rings (SSSR count). The Morgan fingerprint density at radius 2 is 1.57 bits per heavy atom. The van der Waals surface area contributed by atoms with Crippen LogP contribution in [0.25, 0.3) is 44.2 Å². The third kappa shape index (κ3) is 2.45. The first-order valence-electron chi connectivity index (χ1n) is 9.63. The maximum Gasteiger partial charge on any atom is 0.336 e. The second kappa shape index (κ2) is 6.26. The van der Waals surface area contributed by atoms with Gasteiger partial charge < -0.3 is 18.3 Å². The maximum atomic E-state index is 12.3. The largest absolute Gasteiger partial charge is 0.463 e. The number of fused-ring (bicyclic) bond motifs is 3. The monoisotopic (exact) mass is 396 g/mol. The number of ether oxygens (including phenoxy) is 2. The zero-order valence-electron chi connectivity index (χ0n) is 16.1. The first-order valence-corrected chi connectivity index (χ1v) is 9.63. The van der Waals surface area contributed by atoms with E-state index in [9.17, 15) is 4.79 Å². The molecule has 3 aromatic carbocycles. The Labute approximate surface area is 171 Å². The summed E-state index contributed by atoms with van der Waals surface area (Å²) in [5.74, 6) is 1.46. The molecule has 146 valence electrons. The molecule has 0 atom stereocenters. The minimum absolute atomic E-state index is 0.230. The highest BCUT2D eigenvalue weighted by atomic mass is 16.7. The van der Waals surface area contributed by atoms with Gasteiger partial charge in [-0.2, -0.15) is 0 Å². The van der Waals surface area contributed by atoms with Crippen LogP contribution in [0.1, 0.15) is 5.56 Å². The van der Waals surface area contributed by atoms with Crippen LogP contribution in [0.3, 0.4) is 0 Å². The average Bonchev–Trinajstić information content (AvgIpc) is 3.41. The molecule has 0 N–H and O–H groups in total. The van der Waals surface area contributed by atoms with Crippen molar-refractivity contribution < 1.29 is 18.3 Å². The summed E-state index contributed by atoms with van der Waals surface area (Å²) < 4.78 is 22.5. The molecular formula is C25H16O5. The van der Waals surface area contributed by atoms with Crippen LogP contribution in [0.2, 0.25) is 0 Å². The molecule has 1 aliphatic heterocycles. The molecule has 30 heavy (non-hydrogen) atoms. The van der Waals surface area contributed by atoms with E-state index < -0.39 is 0 Å². The molecular weight excluding hydrogens is 380 g/mol. The quantitative estimate of drug-likeness (QED) is 0.347. The summed E-state index contributed by atoms with van der Waals surface area (Å²) in [6.45, 7) is 2.14. The Kier molecular flexibility index (Phi) is 3.53. The van der Waals surface area contributed by atoms with Crippen molar-refractivity contribution in [2.45, 2.75) is 6.92 Å². The highest BCUT2D eigenvalue weighted by molar-refractivity contribution is 6.08. The van der Waals surface area contributed by atoms with Gasteiger partial charge >= 0.3 is 5.63 Å². The molecule has 1 aliphatic rings. The van der Waals surface area contributed by atoms with E-state index in [1.165, 1.54) is 0 Å².